The molecule has 1 aromatic heterocycles. The van der Waals surface area contributed by atoms with Crippen molar-refractivity contribution in [3.8, 4) is 5.69 Å². The summed E-state index contributed by atoms with van der Waals surface area (Å²) in [6.07, 6.45) is 1.18. The van der Waals surface area contributed by atoms with Gasteiger partial charge in [-0.05, 0) is 24.3 Å². The molecule has 0 N–H and O–H groups in total. The highest BCUT2D eigenvalue weighted by molar-refractivity contribution is 6.30. The van der Waals surface area contributed by atoms with Crippen molar-refractivity contribution in [3.63, 3.8) is 0 Å². The Morgan fingerprint density at radius 1 is 1.09 bits per heavy atom. The summed E-state index contributed by atoms with van der Waals surface area (Å²) in [5.74, 6) is -1.82. The highest BCUT2D eigenvalue weighted by Crippen LogP contribution is 2.13. The average Bonchev–Trinajstić information content (AvgIpc) is 2.54. The number of carbonyl (C=O) groups is 2. The molecule has 0 bridgehead atoms. The van der Waals surface area contributed by atoms with Gasteiger partial charge in [-0.2, -0.15) is 5.10 Å². The fraction of sp³-hybridized carbons (Fsp3) is 0.143. The Balaban J connectivity index is 2.69. The summed E-state index contributed by atoms with van der Waals surface area (Å²) in [5.41, 5.74) is -1.20. The van der Waals surface area contributed by atoms with Crippen molar-refractivity contribution < 1.29 is 19.1 Å². The van der Waals surface area contributed by atoms with E-state index in [9.17, 15) is 14.4 Å². The van der Waals surface area contributed by atoms with Crippen LogP contribution in [0.2, 0.25) is 5.02 Å². The fourth-order valence-electron chi connectivity index (χ4n) is 1.70. The van der Waals surface area contributed by atoms with Crippen LogP contribution >= 0.6 is 11.6 Å². The first-order valence-corrected chi connectivity index (χ1v) is 6.42. The SMILES string of the molecule is COC(=O)c1cn(-c2ccc(Cl)cc2)nc(C(=O)OC)c1=O. The minimum atomic E-state index is -0.946. The molecule has 22 heavy (non-hydrogen) atoms. The molecule has 0 fully saturated rings. The summed E-state index contributed by atoms with van der Waals surface area (Å²) in [4.78, 5) is 35.5. The van der Waals surface area contributed by atoms with Crippen molar-refractivity contribution in [1.82, 2.24) is 9.78 Å². The van der Waals surface area contributed by atoms with Crippen LogP contribution in [0.4, 0.5) is 0 Å². The maximum Gasteiger partial charge on any atom is 0.362 e. The normalized spacial score (nSPS) is 10.1. The molecule has 0 spiro atoms. The zero-order chi connectivity index (χ0) is 16.3. The van der Waals surface area contributed by atoms with E-state index >= 15 is 0 Å². The number of halogens is 1. The summed E-state index contributed by atoms with van der Waals surface area (Å²) in [5, 5.41) is 4.40. The summed E-state index contributed by atoms with van der Waals surface area (Å²) in [7, 11) is 2.24. The number of hydrogen-bond donors (Lipinski definition) is 0. The summed E-state index contributed by atoms with van der Waals surface area (Å²) >= 11 is 5.80. The number of aromatic nitrogens is 2. The number of esters is 2. The highest BCUT2D eigenvalue weighted by atomic mass is 35.5. The lowest BCUT2D eigenvalue weighted by molar-refractivity contribution is 0.0587. The van der Waals surface area contributed by atoms with E-state index in [2.05, 4.69) is 14.6 Å². The first-order valence-electron chi connectivity index (χ1n) is 6.04. The van der Waals surface area contributed by atoms with Crippen LogP contribution in [0.25, 0.3) is 5.69 Å². The Hall–Kier alpha value is -2.67. The third-order valence-electron chi connectivity index (χ3n) is 2.79. The predicted octanol–water partition coefficient (Wildman–Crippen LogP) is 1.46. The molecule has 1 heterocycles. The molecule has 2 aromatic rings. The molecule has 0 unspecified atom stereocenters. The number of benzene rings is 1. The maximum atomic E-state index is 12.1. The van der Waals surface area contributed by atoms with Gasteiger partial charge in [-0.1, -0.05) is 11.6 Å². The van der Waals surface area contributed by atoms with Crippen LogP contribution in [-0.2, 0) is 9.47 Å². The lowest BCUT2D eigenvalue weighted by Gasteiger charge is -2.09. The van der Waals surface area contributed by atoms with E-state index < -0.39 is 23.1 Å². The van der Waals surface area contributed by atoms with E-state index in [4.69, 9.17) is 11.6 Å². The van der Waals surface area contributed by atoms with Gasteiger partial charge < -0.3 is 9.47 Å². The molecule has 0 saturated heterocycles. The second kappa shape index (κ2) is 6.40. The molecule has 0 atom stereocenters. The van der Waals surface area contributed by atoms with Crippen LogP contribution in [-0.4, -0.2) is 35.9 Å². The minimum absolute atomic E-state index is 0.326. The standard InChI is InChI=1S/C14H11ClN2O5/c1-21-13(19)10-7-17(9-5-3-8(15)4-6-9)16-11(12(10)18)14(20)22-2/h3-7H,1-2H3. The van der Waals surface area contributed by atoms with Gasteiger partial charge >= 0.3 is 11.9 Å². The molecule has 114 valence electrons. The Labute approximate surface area is 130 Å². The molecule has 0 radical (unpaired) electrons. The molecule has 0 aliphatic rings. The number of methoxy groups -OCH3 is 2. The van der Waals surface area contributed by atoms with Crippen LogP contribution in [0.15, 0.2) is 35.3 Å². The van der Waals surface area contributed by atoms with Crippen molar-refractivity contribution in [2.75, 3.05) is 14.2 Å². The van der Waals surface area contributed by atoms with Crippen molar-refractivity contribution in [3.05, 3.63) is 57.0 Å². The van der Waals surface area contributed by atoms with Gasteiger partial charge in [0.05, 0.1) is 19.9 Å². The topological polar surface area (TPSA) is 87.5 Å². The second-order valence-electron chi connectivity index (χ2n) is 4.12. The van der Waals surface area contributed by atoms with Crippen LogP contribution in [0.5, 0.6) is 0 Å². The number of carbonyl (C=O) groups excluding carboxylic acids is 2. The zero-order valence-corrected chi connectivity index (χ0v) is 12.5. The van der Waals surface area contributed by atoms with Crippen LogP contribution in [0.3, 0.4) is 0 Å². The molecule has 0 amide bonds. The quantitative estimate of drug-likeness (QED) is 0.795. The van der Waals surface area contributed by atoms with Crippen molar-refractivity contribution in [1.29, 1.82) is 0 Å². The summed E-state index contributed by atoms with van der Waals surface area (Å²) in [6, 6.07) is 6.43. The molecule has 0 saturated carbocycles. The Kier molecular flexibility index (Phi) is 4.57. The lowest BCUT2D eigenvalue weighted by atomic mass is 10.2. The van der Waals surface area contributed by atoms with Gasteiger partial charge in [0.25, 0.3) is 0 Å². The summed E-state index contributed by atoms with van der Waals surface area (Å²) < 4.78 is 10.3. The highest BCUT2D eigenvalue weighted by Gasteiger charge is 2.22. The van der Waals surface area contributed by atoms with Gasteiger partial charge in [0.15, 0.2) is 0 Å². The Morgan fingerprint density at radius 3 is 2.23 bits per heavy atom. The smallest absolute Gasteiger partial charge is 0.362 e. The first kappa shape index (κ1) is 15.7. The van der Waals surface area contributed by atoms with E-state index in [1.807, 2.05) is 0 Å². The van der Waals surface area contributed by atoms with Crippen LogP contribution in [0.1, 0.15) is 20.8 Å². The molecule has 7 nitrogen and oxygen atoms in total. The Morgan fingerprint density at radius 2 is 1.68 bits per heavy atom. The average molecular weight is 323 g/mol. The monoisotopic (exact) mass is 322 g/mol. The molecule has 8 heteroatoms. The van der Waals surface area contributed by atoms with Gasteiger partial charge in [-0.3, -0.25) is 4.79 Å². The third-order valence-corrected chi connectivity index (χ3v) is 3.05. The van der Waals surface area contributed by atoms with Crippen molar-refractivity contribution >= 4 is 23.5 Å². The number of nitrogens with zero attached hydrogens (tertiary/aromatic N) is 2. The van der Waals surface area contributed by atoms with Crippen LogP contribution in [0, 0.1) is 0 Å². The fourth-order valence-corrected chi connectivity index (χ4v) is 1.83. The van der Waals surface area contributed by atoms with E-state index in [0.29, 0.717) is 10.7 Å². The third kappa shape index (κ3) is 2.99. The molecule has 2 rings (SSSR count). The van der Waals surface area contributed by atoms with Crippen molar-refractivity contribution in [2.24, 2.45) is 0 Å². The molecular formula is C14H11ClN2O5. The molecule has 1 aromatic carbocycles. The largest absolute Gasteiger partial charge is 0.465 e. The van der Waals surface area contributed by atoms with Gasteiger partial charge in [0, 0.05) is 11.2 Å². The predicted molar refractivity (Wildman–Crippen MR) is 77.5 cm³/mol. The minimum Gasteiger partial charge on any atom is -0.465 e. The molecule has 0 aliphatic heterocycles. The Bertz CT molecular complexity index is 743. The van der Waals surface area contributed by atoms with E-state index in [1.165, 1.54) is 10.9 Å². The van der Waals surface area contributed by atoms with Gasteiger partial charge in [0.2, 0.25) is 11.1 Å². The molecular weight excluding hydrogens is 312 g/mol. The van der Waals surface area contributed by atoms with E-state index in [-0.39, 0.29) is 5.56 Å². The summed E-state index contributed by atoms with van der Waals surface area (Å²) in [6.45, 7) is 0. The van der Waals surface area contributed by atoms with E-state index in [1.54, 1.807) is 24.3 Å². The van der Waals surface area contributed by atoms with E-state index in [0.717, 1.165) is 14.2 Å². The first-order chi connectivity index (χ1) is 10.5. The zero-order valence-electron chi connectivity index (χ0n) is 11.7. The second-order valence-corrected chi connectivity index (χ2v) is 4.56. The van der Waals surface area contributed by atoms with Crippen molar-refractivity contribution in [2.45, 2.75) is 0 Å². The molecule has 0 aliphatic carbocycles. The van der Waals surface area contributed by atoms with Gasteiger partial charge in [0.1, 0.15) is 5.56 Å². The van der Waals surface area contributed by atoms with Gasteiger partial charge in [-0.15, -0.1) is 0 Å². The number of ether oxygens (including phenoxy) is 2. The lowest BCUT2D eigenvalue weighted by Crippen LogP contribution is -2.28. The maximum absolute atomic E-state index is 12.1. The number of hydrogen-bond acceptors (Lipinski definition) is 6. The number of rotatable bonds is 3. The van der Waals surface area contributed by atoms with Crippen LogP contribution < -0.4 is 5.43 Å². The van der Waals surface area contributed by atoms with Gasteiger partial charge in [-0.25, -0.2) is 14.3 Å².